The Kier molecular flexibility index (Phi) is 7.49. The van der Waals surface area contributed by atoms with Crippen molar-refractivity contribution in [3.63, 3.8) is 0 Å². The first-order valence-electron chi connectivity index (χ1n) is 11.8. The number of nitrogens with one attached hydrogen (secondary N) is 1. The Labute approximate surface area is 211 Å². The highest BCUT2D eigenvalue weighted by molar-refractivity contribution is 7.89. The van der Waals surface area contributed by atoms with Crippen LogP contribution in [0.25, 0.3) is 11.3 Å². The van der Waals surface area contributed by atoms with E-state index in [0.717, 1.165) is 16.9 Å². The van der Waals surface area contributed by atoms with Crippen LogP contribution < -0.4 is 10.1 Å². The quantitative estimate of drug-likeness (QED) is 0.496. The van der Waals surface area contributed by atoms with E-state index in [9.17, 15) is 13.2 Å². The lowest BCUT2D eigenvalue weighted by Gasteiger charge is -2.34. The molecular weight excluding hydrogens is 482 g/mol. The third-order valence-electron chi connectivity index (χ3n) is 5.70. The van der Waals surface area contributed by atoms with E-state index in [1.165, 1.54) is 16.4 Å². The molecule has 192 valence electrons. The summed E-state index contributed by atoms with van der Waals surface area (Å²) in [5.74, 6) is 0.775. The first-order valence-corrected chi connectivity index (χ1v) is 13.3. The number of aromatic nitrogens is 1. The molecule has 2 heterocycles. The fraction of sp³-hybridized carbons (Fsp3) is 0.385. The Morgan fingerprint density at radius 3 is 2.36 bits per heavy atom. The molecule has 1 amide bonds. The second-order valence-corrected chi connectivity index (χ2v) is 11.2. The van der Waals surface area contributed by atoms with Crippen molar-refractivity contribution in [3.8, 4) is 17.1 Å². The Morgan fingerprint density at radius 2 is 1.75 bits per heavy atom. The Balaban J connectivity index is 1.43. The molecule has 3 aromatic rings. The Morgan fingerprint density at radius 1 is 1.08 bits per heavy atom. The van der Waals surface area contributed by atoms with Crippen LogP contribution in [0.3, 0.4) is 0 Å². The molecule has 1 aromatic heterocycles. The van der Waals surface area contributed by atoms with Crippen molar-refractivity contribution in [3.05, 3.63) is 59.8 Å². The zero-order valence-corrected chi connectivity index (χ0v) is 21.8. The topological polar surface area (TPSA) is 111 Å². The maximum absolute atomic E-state index is 13.0. The van der Waals surface area contributed by atoms with Gasteiger partial charge in [0.05, 0.1) is 23.2 Å². The van der Waals surface area contributed by atoms with Crippen molar-refractivity contribution in [2.45, 2.75) is 57.8 Å². The number of hydrogen-bond donors (Lipinski definition) is 1. The summed E-state index contributed by atoms with van der Waals surface area (Å²) >= 11 is 0. The molecule has 0 radical (unpaired) electrons. The van der Waals surface area contributed by atoms with Gasteiger partial charge in [0.25, 0.3) is 5.91 Å². The molecule has 0 aliphatic carbocycles. The molecule has 1 fully saturated rings. The van der Waals surface area contributed by atoms with Gasteiger partial charge in [0, 0.05) is 30.4 Å². The molecule has 1 saturated heterocycles. The van der Waals surface area contributed by atoms with Crippen molar-refractivity contribution >= 4 is 21.6 Å². The number of nitrogens with zero attached hydrogens (tertiary/aromatic N) is 2. The second kappa shape index (κ2) is 10.4. The summed E-state index contributed by atoms with van der Waals surface area (Å²) in [6.45, 7) is 10.2. The maximum atomic E-state index is 13.0. The summed E-state index contributed by atoms with van der Waals surface area (Å²) in [6.07, 6.45) is -0.287. The number of carbonyl (C=O) groups excluding carboxylic acids is 1. The van der Waals surface area contributed by atoms with Gasteiger partial charge in [-0.15, -0.1) is 0 Å². The standard InChI is InChI=1S/C26H31N3O6S/c1-16(2)33-24-11-6-20(12-17(24)3)25-13-23(28-35-25)26(30)27-21-7-9-22(10-8-21)36(31,32)29-14-18(4)34-19(5)15-29/h6-13,16,18-19H,14-15H2,1-5H3,(H,27,30). The highest BCUT2D eigenvalue weighted by atomic mass is 32.2. The predicted molar refractivity (Wildman–Crippen MR) is 136 cm³/mol. The van der Waals surface area contributed by atoms with Crippen molar-refractivity contribution in [1.82, 2.24) is 9.46 Å². The zero-order valence-electron chi connectivity index (χ0n) is 21.0. The van der Waals surface area contributed by atoms with Crippen LogP contribution in [0.2, 0.25) is 0 Å². The van der Waals surface area contributed by atoms with Crippen molar-refractivity contribution in [2.24, 2.45) is 0 Å². The Bertz CT molecular complexity index is 1320. The summed E-state index contributed by atoms with van der Waals surface area (Å²) in [4.78, 5) is 12.9. The molecule has 2 unspecified atom stereocenters. The lowest BCUT2D eigenvalue weighted by molar-refractivity contribution is -0.0440. The highest BCUT2D eigenvalue weighted by Crippen LogP contribution is 2.28. The number of rotatable bonds is 7. The number of benzene rings is 2. The van der Waals surface area contributed by atoms with Gasteiger partial charge in [0.2, 0.25) is 10.0 Å². The third-order valence-corrected chi connectivity index (χ3v) is 7.55. The smallest absolute Gasteiger partial charge is 0.277 e. The molecule has 10 heteroatoms. The minimum atomic E-state index is -3.66. The molecule has 2 atom stereocenters. The number of ether oxygens (including phenoxy) is 2. The van der Waals surface area contributed by atoms with Crippen LogP contribution in [0.4, 0.5) is 5.69 Å². The van der Waals surface area contributed by atoms with Crippen LogP contribution >= 0.6 is 0 Å². The van der Waals surface area contributed by atoms with Crippen molar-refractivity contribution < 1.29 is 27.2 Å². The fourth-order valence-electron chi connectivity index (χ4n) is 4.09. The first-order chi connectivity index (χ1) is 17.0. The van der Waals surface area contributed by atoms with Gasteiger partial charge in [-0.1, -0.05) is 5.16 Å². The lowest BCUT2D eigenvalue weighted by Crippen LogP contribution is -2.48. The van der Waals surface area contributed by atoms with E-state index in [2.05, 4.69) is 10.5 Å². The summed E-state index contributed by atoms with van der Waals surface area (Å²) in [5, 5.41) is 6.62. The molecule has 0 saturated carbocycles. The fourth-order valence-corrected chi connectivity index (χ4v) is 5.68. The molecule has 4 rings (SSSR count). The number of hydrogen-bond acceptors (Lipinski definition) is 7. The average molecular weight is 514 g/mol. The first kappa shape index (κ1) is 25.9. The average Bonchev–Trinajstić information content (AvgIpc) is 3.30. The Hall–Kier alpha value is -3.21. The van der Waals surface area contributed by atoms with Gasteiger partial charge in [-0.3, -0.25) is 4.79 Å². The van der Waals surface area contributed by atoms with Crippen LogP contribution in [0.15, 0.2) is 57.9 Å². The van der Waals surface area contributed by atoms with E-state index >= 15 is 0 Å². The van der Waals surface area contributed by atoms with E-state index in [1.807, 2.05) is 52.8 Å². The molecule has 1 aliphatic rings. The molecule has 1 N–H and O–H groups in total. The van der Waals surface area contributed by atoms with Crippen molar-refractivity contribution in [1.29, 1.82) is 0 Å². The number of morpholine rings is 1. The normalized spacial score (nSPS) is 18.8. The van der Waals surface area contributed by atoms with Crippen molar-refractivity contribution in [2.75, 3.05) is 18.4 Å². The van der Waals surface area contributed by atoms with E-state index in [-0.39, 0.29) is 28.9 Å². The molecule has 36 heavy (non-hydrogen) atoms. The monoisotopic (exact) mass is 513 g/mol. The van der Waals surface area contributed by atoms with Gasteiger partial charge in [0.1, 0.15) is 5.75 Å². The molecular formula is C26H31N3O6S. The van der Waals surface area contributed by atoms with E-state index in [4.69, 9.17) is 14.0 Å². The molecule has 0 bridgehead atoms. The van der Waals surface area contributed by atoms with Crippen LogP contribution in [0.1, 0.15) is 43.7 Å². The van der Waals surface area contributed by atoms with Crippen LogP contribution in [0, 0.1) is 6.92 Å². The number of anilines is 1. The molecule has 0 spiro atoms. The number of aryl methyl sites for hydroxylation is 1. The maximum Gasteiger partial charge on any atom is 0.277 e. The van der Waals surface area contributed by atoms with Gasteiger partial charge >= 0.3 is 0 Å². The second-order valence-electron chi connectivity index (χ2n) is 9.28. The van der Waals surface area contributed by atoms with Gasteiger partial charge in [0.15, 0.2) is 11.5 Å². The molecule has 9 nitrogen and oxygen atoms in total. The van der Waals surface area contributed by atoms with E-state index in [0.29, 0.717) is 24.5 Å². The summed E-state index contributed by atoms with van der Waals surface area (Å²) in [5.41, 5.74) is 2.27. The number of carbonyl (C=O) groups is 1. The summed E-state index contributed by atoms with van der Waals surface area (Å²) < 4.78 is 44.3. The van der Waals surface area contributed by atoms with E-state index in [1.54, 1.807) is 18.2 Å². The van der Waals surface area contributed by atoms with Gasteiger partial charge < -0.3 is 19.3 Å². The number of amides is 1. The third kappa shape index (κ3) is 5.77. The van der Waals surface area contributed by atoms with Crippen LogP contribution in [-0.2, 0) is 14.8 Å². The molecule has 1 aliphatic heterocycles. The minimum absolute atomic E-state index is 0.0658. The summed E-state index contributed by atoms with van der Waals surface area (Å²) in [6, 6.07) is 13.2. The van der Waals surface area contributed by atoms with Gasteiger partial charge in [-0.05, 0) is 82.6 Å². The lowest BCUT2D eigenvalue weighted by atomic mass is 10.1. The largest absolute Gasteiger partial charge is 0.491 e. The van der Waals surface area contributed by atoms with Gasteiger partial charge in [-0.2, -0.15) is 4.31 Å². The van der Waals surface area contributed by atoms with Gasteiger partial charge in [-0.25, -0.2) is 8.42 Å². The summed E-state index contributed by atoms with van der Waals surface area (Å²) in [7, 11) is -3.66. The van der Waals surface area contributed by atoms with Crippen LogP contribution in [-0.4, -0.2) is 55.2 Å². The zero-order chi connectivity index (χ0) is 26.0. The molecule has 2 aromatic carbocycles. The van der Waals surface area contributed by atoms with Crippen LogP contribution in [0.5, 0.6) is 5.75 Å². The minimum Gasteiger partial charge on any atom is -0.491 e. The van der Waals surface area contributed by atoms with E-state index < -0.39 is 15.9 Å². The SMILES string of the molecule is Cc1cc(-c2cc(C(=O)Nc3ccc(S(=O)(=O)N4CC(C)OC(C)C4)cc3)no2)ccc1OC(C)C. The highest BCUT2D eigenvalue weighted by Gasteiger charge is 2.32. The number of sulfonamides is 1. The predicted octanol–water partition coefficient (Wildman–Crippen LogP) is 4.49.